The molecule has 5 rings (SSSR count). The van der Waals surface area contributed by atoms with Crippen LogP contribution in [0.4, 0.5) is 0 Å². The number of ether oxygens (including phenoxy) is 1. The molecule has 51 heavy (non-hydrogen) atoms. The molecule has 4 N–H and O–H groups in total. The van der Waals surface area contributed by atoms with Crippen LogP contribution >= 0.6 is 11.6 Å². The highest BCUT2D eigenvalue weighted by atomic mass is 35.5. The zero-order valence-electron chi connectivity index (χ0n) is 30.8. The summed E-state index contributed by atoms with van der Waals surface area (Å²) in [6.45, 7) is 9.43. The Hall–Kier alpha value is -3.64. The molecule has 2 aliphatic carbocycles. The number of hydroxylamine groups is 1. The first-order valence-electron chi connectivity index (χ1n) is 18.4. The number of amides is 4. The van der Waals surface area contributed by atoms with Gasteiger partial charge in [0, 0.05) is 24.4 Å². The summed E-state index contributed by atoms with van der Waals surface area (Å²) in [5.74, 6) is -1.79. The molecule has 0 bridgehead atoms. The number of benzene rings is 1. The Morgan fingerprint density at radius 1 is 1.08 bits per heavy atom. The first-order chi connectivity index (χ1) is 24.1. The Labute approximate surface area is 306 Å². The molecule has 2 heterocycles. The van der Waals surface area contributed by atoms with Gasteiger partial charge < -0.3 is 25.6 Å². The van der Waals surface area contributed by atoms with Crippen LogP contribution in [0.3, 0.4) is 0 Å². The third-order valence-electron chi connectivity index (χ3n) is 10.5. The number of Topliss-reactive ketones (excluding diaryl/α,β-unsaturated/α-hetero) is 1. The molecular formula is C38H54ClN5O7. The zero-order chi connectivity index (χ0) is 37.1. The van der Waals surface area contributed by atoms with E-state index in [2.05, 4.69) is 21.4 Å². The molecule has 1 spiro atoms. The van der Waals surface area contributed by atoms with Crippen LogP contribution in [-0.4, -0.2) is 77.7 Å². The highest BCUT2D eigenvalue weighted by molar-refractivity contribution is 6.38. The summed E-state index contributed by atoms with van der Waals surface area (Å²) in [6, 6.07) is 0.527. The van der Waals surface area contributed by atoms with Crippen molar-refractivity contribution >= 4 is 46.7 Å². The normalized spacial score (nSPS) is 23.2. The number of methoxy groups -OCH3 is 1. The van der Waals surface area contributed by atoms with Crippen LogP contribution < -0.4 is 26.2 Å². The Morgan fingerprint density at radius 3 is 2.41 bits per heavy atom. The van der Waals surface area contributed by atoms with E-state index in [1.54, 1.807) is 13.2 Å². The predicted molar refractivity (Wildman–Crippen MR) is 193 cm³/mol. The molecule has 12 nitrogen and oxygen atoms in total. The number of nitrogens with one attached hydrogen (secondary N) is 4. The first kappa shape index (κ1) is 38.6. The maximum atomic E-state index is 14.6. The number of carbonyl (C=O) groups excluding carboxylic acids is 5. The summed E-state index contributed by atoms with van der Waals surface area (Å²) in [5, 5.41) is 8.97. The van der Waals surface area contributed by atoms with Gasteiger partial charge in [0.05, 0.1) is 30.4 Å². The number of nitrogens with zero attached hydrogens (tertiary/aromatic N) is 1. The molecule has 2 aliphatic heterocycles. The molecule has 4 aliphatic rings. The van der Waals surface area contributed by atoms with Gasteiger partial charge in [-0.25, -0.2) is 0 Å². The second kappa shape index (κ2) is 15.9. The Kier molecular flexibility index (Phi) is 12.1. The number of hydrogen-bond donors (Lipinski definition) is 4. The van der Waals surface area contributed by atoms with E-state index in [1.165, 1.54) is 11.3 Å². The lowest BCUT2D eigenvalue weighted by atomic mass is 9.84. The number of carbonyl (C=O) groups is 5. The van der Waals surface area contributed by atoms with Gasteiger partial charge in [-0.05, 0) is 74.1 Å². The molecule has 4 amide bonds. The highest BCUT2D eigenvalue weighted by Crippen LogP contribution is 2.41. The second-order valence-corrected chi connectivity index (χ2v) is 16.3. The van der Waals surface area contributed by atoms with Gasteiger partial charge in [-0.3, -0.25) is 34.3 Å². The zero-order valence-corrected chi connectivity index (χ0v) is 31.5. The smallest absolute Gasteiger partial charge is 0.289 e. The number of aryl methyl sites for hydroxylation is 1. The van der Waals surface area contributed by atoms with Gasteiger partial charge in [-0.2, -0.15) is 0 Å². The molecule has 280 valence electrons. The molecular weight excluding hydrogens is 674 g/mol. The van der Waals surface area contributed by atoms with Gasteiger partial charge in [0.15, 0.2) is 0 Å². The van der Waals surface area contributed by atoms with Crippen LogP contribution in [0.2, 0.25) is 5.02 Å². The SMILES string of the molecule is CCC[C@H](NC(=O)[C@@H]1C[C@]2(C=C(c3cc(Cl)c(OC)cc3C)NO2)CN1C(=O)[C@@H](NC(=O)CC1CCCCC1)C(C)(C)C)C(=O)C(=O)NC1CC1. The third kappa shape index (κ3) is 9.24. The van der Waals surface area contributed by atoms with E-state index >= 15 is 0 Å². The van der Waals surface area contributed by atoms with E-state index in [0.29, 0.717) is 29.3 Å². The Morgan fingerprint density at radius 2 is 1.78 bits per heavy atom. The van der Waals surface area contributed by atoms with E-state index in [4.69, 9.17) is 21.2 Å². The Balaban J connectivity index is 1.44. The highest BCUT2D eigenvalue weighted by Gasteiger charge is 2.54. The van der Waals surface area contributed by atoms with E-state index in [9.17, 15) is 24.0 Å². The van der Waals surface area contributed by atoms with Gasteiger partial charge in [0.25, 0.3) is 5.91 Å². The average Bonchev–Trinajstić information content (AvgIpc) is 3.68. The van der Waals surface area contributed by atoms with Gasteiger partial charge in [0.1, 0.15) is 23.4 Å². The van der Waals surface area contributed by atoms with Crippen LogP contribution in [0.15, 0.2) is 18.2 Å². The molecule has 1 aromatic rings. The van der Waals surface area contributed by atoms with Crippen molar-refractivity contribution in [2.45, 2.75) is 135 Å². The van der Waals surface area contributed by atoms with E-state index in [1.807, 2.05) is 46.8 Å². The number of halogens is 1. The molecule has 1 saturated heterocycles. The van der Waals surface area contributed by atoms with Gasteiger partial charge >= 0.3 is 0 Å². The van der Waals surface area contributed by atoms with E-state index in [-0.39, 0.29) is 37.3 Å². The summed E-state index contributed by atoms with van der Waals surface area (Å²) in [4.78, 5) is 75.9. The Bertz CT molecular complexity index is 1550. The molecule has 13 heteroatoms. The number of likely N-dealkylation sites (tertiary alicyclic amines) is 1. The molecule has 4 atom stereocenters. The molecule has 0 radical (unpaired) electrons. The maximum absolute atomic E-state index is 14.6. The molecule has 0 aromatic heterocycles. The van der Waals surface area contributed by atoms with Gasteiger partial charge in [-0.1, -0.05) is 65.0 Å². The van der Waals surface area contributed by atoms with Gasteiger partial charge in [0.2, 0.25) is 23.5 Å². The van der Waals surface area contributed by atoms with Crippen LogP contribution in [0.1, 0.15) is 109 Å². The summed E-state index contributed by atoms with van der Waals surface area (Å²) in [7, 11) is 1.54. The van der Waals surface area contributed by atoms with Crippen LogP contribution in [0.25, 0.3) is 5.70 Å². The van der Waals surface area contributed by atoms with Crippen LogP contribution in [0, 0.1) is 18.3 Å². The van der Waals surface area contributed by atoms with Crippen molar-refractivity contribution in [1.29, 1.82) is 0 Å². The summed E-state index contributed by atoms with van der Waals surface area (Å²) < 4.78 is 5.37. The molecule has 1 aromatic carbocycles. The minimum Gasteiger partial charge on any atom is -0.495 e. The summed E-state index contributed by atoms with van der Waals surface area (Å²) in [5.41, 5.74) is 3.45. The van der Waals surface area contributed by atoms with Crippen LogP contribution in [0.5, 0.6) is 5.75 Å². The van der Waals surface area contributed by atoms with Crippen molar-refractivity contribution in [3.05, 3.63) is 34.4 Å². The average molecular weight is 728 g/mol. The van der Waals surface area contributed by atoms with Gasteiger partial charge in [-0.15, -0.1) is 0 Å². The molecule has 2 saturated carbocycles. The standard InChI is InChI=1S/C38H54ClN5O7/c1-7-11-27(32(46)35(48)40-24-14-15-24)41-34(47)29-20-38(19-28(43-51-38)25-18-26(39)30(50-6)16-22(25)2)21-44(29)36(49)33(37(3,4)5)42-31(45)17-23-12-9-8-10-13-23/h16,18-19,23-24,27,29,33,43H,7-15,17,20-21H2,1-6H3,(H,40,48)(H,41,47)(H,42,45)/t27-,29-,33+,38+/m0/s1. The predicted octanol–water partition coefficient (Wildman–Crippen LogP) is 4.51. The van der Waals surface area contributed by atoms with Crippen molar-refractivity contribution < 1.29 is 33.5 Å². The topological polar surface area (TPSA) is 155 Å². The summed E-state index contributed by atoms with van der Waals surface area (Å²) >= 11 is 6.48. The monoisotopic (exact) mass is 727 g/mol. The van der Waals surface area contributed by atoms with Crippen molar-refractivity contribution in [2.75, 3.05) is 13.7 Å². The molecule has 0 unspecified atom stereocenters. The minimum atomic E-state index is -1.12. The lowest BCUT2D eigenvalue weighted by Gasteiger charge is -2.36. The van der Waals surface area contributed by atoms with Crippen molar-refractivity contribution in [1.82, 2.24) is 26.3 Å². The quantitative estimate of drug-likeness (QED) is 0.217. The van der Waals surface area contributed by atoms with Crippen LogP contribution in [-0.2, 0) is 28.8 Å². The fourth-order valence-corrected chi connectivity index (χ4v) is 7.65. The first-order valence-corrected chi connectivity index (χ1v) is 18.8. The number of rotatable bonds is 13. The fourth-order valence-electron chi connectivity index (χ4n) is 7.41. The maximum Gasteiger partial charge on any atom is 0.289 e. The largest absolute Gasteiger partial charge is 0.495 e. The summed E-state index contributed by atoms with van der Waals surface area (Å²) in [6.07, 6.45) is 10.1. The number of hydrogen-bond acceptors (Lipinski definition) is 8. The lowest BCUT2D eigenvalue weighted by Crippen LogP contribution is -2.59. The third-order valence-corrected chi connectivity index (χ3v) is 10.8. The van der Waals surface area contributed by atoms with Crippen molar-refractivity contribution in [2.24, 2.45) is 11.3 Å². The fraction of sp³-hybridized carbons (Fsp3) is 0.658. The lowest BCUT2D eigenvalue weighted by molar-refractivity contribution is -0.145. The second-order valence-electron chi connectivity index (χ2n) is 15.9. The van der Waals surface area contributed by atoms with Crippen molar-refractivity contribution in [3.8, 4) is 5.75 Å². The van der Waals surface area contributed by atoms with E-state index in [0.717, 1.165) is 49.7 Å². The number of ketones is 1. The van der Waals surface area contributed by atoms with E-state index < -0.39 is 52.6 Å². The minimum absolute atomic E-state index is 0.00296. The van der Waals surface area contributed by atoms with Crippen molar-refractivity contribution in [3.63, 3.8) is 0 Å². The molecule has 3 fully saturated rings.